The highest BCUT2D eigenvalue weighted by Crippen LogP contribution is 2.31. The molecule has 3 aromatic rings. The number of hydrogen-bond donors (Lipinski definition) is 4. The molecule has 0 spiro atoms. The van der Waals surface area contributed by atoms with Crippen LogP contribution in [0.5, 0.6) is 0 Å². The summed E-state index contributed by atoms with van der Waals surface area (Å²) in [5.74, 6) is -0.426. The van der Waals surface area contributed by atoms with Crippen molar-refractivity contribution in [2.24, 2.45) is 0 Å². The van der Waals surface area contributed by atoms with Crippen LogP contribution in [-0.4, -0.2) is 19.4 Å². The molecule has 0 fully saturated rings. The summed E-state index contributed by atoms with van der Waals surface area (Å²) >= 11 is 0. The van der Waals surface area contributed by atoms with Crippen molar-refractivity contribution in [2.75, 3.05) is 4.72 Å². The number of aliphatic hydroxyl groups excluding tert-OH is 1. The van der Waals surface area contributed by atoms with Crippen LogP contribution in [0, 0.1) is 0 Å². The summed E-state index contributed by atoms with van der Waals surface area (Å²) in [7, 11) is -2.88. The zero-order valence-corrected chi connectivity index (χ0v) is 17.1. The number of carbonyl (C=O) groups excluding carboxylic acids is 1. The van der Waals surface area contributed by atoms with Gasteiger partial charge >= 0.3 is 6.18 Å². The Morgan fingerprint density at radius 1 is 1.03 bits per heavy atom. The van der Waals surface area contributed by atoms with Crippen molar-refractivity contribution in [3.63, 3.8) is 0 Å². The molecule has 3 N–H and O–H groups in total. The highest BCUT2D eigenvalue weighted by atomic mass is 32.2. The first-order valence-electron chi connectivity index (χ1n) is 9.15. The van der Waals surface area contributed by atoms with Crippen LogP contribution < -0.4 is 10.0 Å². The highest BCUT2D eigenvalue weighted by Gasteiger charge is 2.30. The van der Waals surface area contributed by atoms with E-state index in [4.69, 9.17) is 0 Å². The van der Waals surface area contributed by atoms with Gasteiger partial charge in [0.1, 0.15) is 0 Å². The van der Waals surface area contributed by atoms with Crippen molar-refractivity contribution in [3.05, 3.63) is 76.9 Å². The molecule has 0 unspecified atom stereocenters. The van der Waals surface area contributed by atoms with Crippen LogP contribution >= 0.6 is 0 Å². The van der Waals surface area contributed by atoms with Crippen molar-refractivity contribution in [2.45, 2.75) is 25.7 Å². The molecule has 0 aliphatic heterocycles. The van der Waals surface area contributed by atoms with E-state index in [1.54, 1.807) is 19.1 Å². The quantitative estimate of drug-likeness (QED) is 0.428. The van der Waals surface area contributed by atoms with Gasteiger partial charge in [0.2, 0.25) is 10.9 Å². The Hall–Kier alpha value is -3.11. The molecule has 0 aliphatic carbocycles. The Kier molecular flexibility index (Phi) is 6.51. The first kappa shape index (κ1) is 22.6. The minimum absolute atomic E-state index is 0.244. The summed E-state index contributed by atoms with van der Waals surface area (Å²) in [6.45, 7) is 1.32. The van der Waals surface area contributed by atoms with Crippen molar-refractivity contribution >= 4 is 33.3 Å². The van der Waals surface area contributed by atoms with Gasteiger partial charge in [-0.2, -0.15) is 13.2 Å². The Morgan fingerprint density at radius 3 is 2.35 bits per heavy atom. The number of hydrogen-bond acceptors (Lipinski definition) is 4. The van der Waals surface area contributed by atoms with E-state index in [-0.39, 0.29) is 11.3 Å². The molecule has 0 saturated carbocycles. The summed E-state index contributed by atoms with van der Waals surface area (Å²) < 4.78 is 62.5. The van der Waals surface area contributed by atoms with Crippen molar-refractivity contribution in [1.82, 2.24) is 5.32 Å². The van der Waals surface area contributed by atoms with E-state index in [1.807, 2.05) is 0 Å². The van der Waals surface area contributed by atoms with Crippen LogP contribution in [0.25, 0.3) is 10.8 Å². The molecule has 3 rings (SSSR count). The van der Waals surface area contributed by atoms with Crippen molar-refractivity contribution in [3.8, 4) is 0 Å². The lowest BCUT2D eigenvalue weighted by atomic mass is 10.0. The highest BCUT2D eigenvalue weighted by molar-refractivity contribution is 7.73. The average molecular weight is 452 g/mol. The zero-order valence-electron chi connectivity index (χ0n) is 16.2. The molecule has 31 heavy (non-hydrogen) atoms. The first-order chi connectivity index (χ1) is 14.6. The van der Waals surface area contributed by atoms with E-state index in [9.17, 15) is 31.5 Å². The van der Waals surface area contributed by atoms with Crippen molar-refractivity contribution in [1.29, 1.82) is 0 Å². The number of carbonyl (C=O) groups is 1. The number of rotatable bonds is 6. The van der Waals surface area contributed by atoms with E-state index in [2.05, 4.69) is 10.0 Å². The Labute approximate surface area is 177 Å². The molecule has 0 saturated heterocycles. The fourth-order valence-corrected chi connectivity index (χ4v) is 3.56. The Bertz CT molecular complexity index is 1200. The van der Waals surface area contributed by atoms with Crippen LogP contribution in [0.15, 0.2) is 54.6 Å². The summed E-state index contributed by atoms with van der Waals surface area (Å²) in [4.78, 5) is 12.6. The molecule has 6 nitrogen and oxygen atoms in total. The van der Waals surface area contributed by atoms with E-state index < -0.39 is 41.2 Å². The second-order valence-electron chi connectivity index (χ2n) is 6.91. The molecule has 0 heterocycles. The fourth-order valence-electron chi connectivity index (χ4n) is 3.15. The maximum atomic E-state index is 12.9. The third-order valence-corrected chi connectivity index (χ3v) is 5.21. The molecule has 10 heteroatoms. The number of aliphatic hydroxyl groups is 1. The van der Waals surface area contributed by atoms with E-state index >= 15 is 0 Å². The van der Waals surface area contributed by atoms with Crippen LogP contribution in [0.1, 0.15) is 40.0 Å². The second kappa shape index (κ2) is 8.94. The predicted molar refractivity (Wildman–Crippen MR) is 111 cm³/mol. The summed E-state index contributed by atoms with van der Waals surface area (Å²) in [6.07, 6.45) is -4.44. The third-order valence-electron chi connectivity index (χ3n) is 4.79. The third kappa shape index (κ3) is 5.33. The Morgan fingerprint density at radius 2 is 1.71 bits per heavy atom. The lowest BCUT2D eigenvalue weighted by molar-refractivity contribution is -0.137. The molecule has 0 aliphatic rings. The number of nitrogens with one attached hydrogen (secondary N) is 2. The molecule has 3 aromatic carbocycles. The maximum Gasteiger partial charge on any atom is 0.416 e. The lowest BCUT2D eigenvalue weighted by Crippen LogP contribution is -2.26. The summed E-state index contributed by atoms with van der Waals surface area (Å²) in [5.41, 5.74) is 0.755. The smallest absolute Gasteiger partial charge is 0.392 e. The number of thiol groups is 1. The number of fused-ring (bicyclic) bond motifs is 1. The maximum absolute atomic E-state index is 12.9. The minimum atomic E-state index is -4.44. The van der Waals surface area contributed by atoms with Crippen LogP contribution in [0.2, 0.25) is 0 Å². The predicted octanol–water partition coefficient (Wildman–Crippen LogP) is 3.78. The van der Waals surface area contributed by atoms with E-state index in [0.29, 0.717) is 21.9 Å². The minimum Gasteiger partial charge on any atom is -0.392 e. The number of benzene rings is 3. The molecular formula is C21H19F3N2O4S. The van der Waals surface area contributed by atoms with Crippen LogP contribution in [0.4, 0.5) is 18.9 Å². The Balaban J connectivity index is 1.79. The topological polar surface area (TPSA) is 95.5 Å². The average Bonchev–Trinajstić information content (AvgIpc) is 2.72. The van der Waals surface area contributed by atoms with Gasteiger partial charge in [-0.1, -0.05) is 18.2 Å². The van der Waals surface area contributed by atoms with Gasteiger partial charge in [-0.05, 0) is 59.7 Å². The van der Waals surface area contributed by atoms with Gasteiger partial charge in [-0.25, -0.2) is 8.42 Å². The summed E-state index contributed by atoms with van der Waals surface area (Å²) in [5, 5.41) is 13.1. The van der Waals surface area contributed by atoms with Gasteiger partial charge in [0.25, 0.3) is 5.91 Å². The van der Waals surface area contributed by atoms with Gasteiger partial charge in [-0.15, -0.1) is 0 Å². The molecule has 0 bridgehead atoms. The molecular weight excluding hydrogens is 433 g/mol. The molecule has 1 atom stereocenters. The van der Waals surface area contributed by atoms with E-state index in [0.717, 1.165) is 12.1 Å². The number of halogens is 3. The van der Waals surface area contributed by atoms with Gasteiger partial charge in [0, 0.05) is 11.1 Å². The SMILES string of the molecule is C[C@@H](NC(=O)c1ccc2cc(C(F)(F)F)ccc2c1)c1ccc(N[SH](=O)=O)c(CO)c1. The molecule has 1 amide bonds. The molecule has 0 radical (unpaired) electrons. The van der Waals surface area contributed by atoms with E-state index in [1.165, 1.54) is 30.3 Å². The molecule has 0 aromatic heterocycles. The van der Waals surface area contributed by atoms with Gasteiger partial charge in [0.05, 0.1) is 23.9 Å². The zero-order chi connectivity index (χ0) is 22.8. The van der Waals surface area contributed by atoms with Gasteiger partial charge in [-0.3, -0.25) is 9.52 Å². The molecule has 164 valence electrons. The standard InChI is InChI=1S/C21H19F3N2O4S/c1-12(13-5-7-19(26-31(29)30)17(8-13)11-27)25-20(28)16-3-2-15-10-18(21(22,23)24)6-4-14(15)9-16/h2-10,12,27,31H,11H2,1H3,(H,25,28)(H,26,29,30)/t12-/m1/s1. The number of anilines is 1. The first-order valence-corrected chi connectivity index (χ1v) is 10.3. The lowest BCUT2D eigenvalue weighted by Gasteiger charge is -2.17. The van der Waals surface area contributed by atoms with Crippen LogP contribution in [-0.2, 0) is 23.7 Å². The van der Waals surface area contributed by atoms with Gasteiger partial charge in [0.15, 0.2) is 0 Å². The monoisotopic (exact) mass is 452 g/mol. The van der Waals surface area contributed by atoms with Crippen molar-refractivity contribution < 1.29 is 31.5 Å². The van der Waals surface area contributed by atoms with Gasteiger partial charge < -0.3 is 10.4 Å². The normalized spacial score (nSPS) is 12.7. The fraction of sp³-hybridized carbons (Fsp3) is 0.190. The number of alkyl halides is 3. The van der Waals surface area contributed by atoms with Crippen LogP contribution in [0.3, 0.4) is 0 Å². The largest absolute Gasteiger partial charge is 0.416 e. The number of amides is 1. The summed E-state index contributed by atoms with van der Waals surface area (Å²) in [6, 6.07) is 11.9. The second-order valence-corrected chi connectivity index (χ2v) is 7.65.